The zero-order valence-electron chi connectivity index (χ0n) is 9.46. The molecule has 0 fully saturated rings. The number of hydrogen-bond donors (Lipinski definition) is 3. The van der Waals surface area contributed by atoms with E-state index in [-0.39, 0.29) is 5.56 Å². The van der Waals surface area contributed by atoms with Crippen molar-refractivity contribution >= 4 is 23.0 Å². The standard InChI is InChI=1S/C11H12N4O3/c12-11(18)13-4-5-15-6-14-8-3-1-2-7(9(8)15)10(16)17/h1-3,6H,4-5H2,(H,16,17)(H3,12,13,18). The van der Waals surface area contributed by atoms with E-state index < -0.39 is 12.0 Å². The number of fused-ring (bicyclic) bond motifs is 1. The lowest BCUT2D eigenvalue weighted by Gasteiger charge is -2.06. The number of para-hydroxylation sites is 1. The number of imidazole rings is 1. The van der Waals surface area contributed by atoms with Gasteiger partial charge < -0.3 is 20.7 Å². The maximum Gasteiger partial charge on any atom is 0.337 e. The number of primary amides is 1. The molecule has 1 aromatic heterocycles. The van der Waals surface area contributed by atoms with Crippen LogP contribution in [0.3, 0.4) is 0 Å². The first-order valence-electron chi connectivity index (χ1n) is 5.30. The number of nitrogens with two attached hydrogens (primary N) is 1. The van der Waals surface area contributed by atoms with Crippen LogP contribution < -0.4 is 11.1 Å². The smallest absolute Gasteiger partial charge is 0.337 e. The van der Waals surface area contributed by atoms with Gasteiger partial charge in [0.15, 0.2) is 0 Å². The van der Waals surface area contributed by atoms with Crippen molar-refractivity contribution in [2.75, 3.05) is 6.54 Å². The molecule has 18 heavy (non-hydrogen) atoms. The van der Waals surface area contributed by atoms with Gasteiger partial charge in [-0.2, -0.15) is 0 Å². The lowest BCUT2D eigenvalue weighted by Crippen LogP contribution is -2.31. The van der Waals surface area contributed by atoms with E-state index in [1.54, 1.807) is 23.0 Å². The molecule has 0 atom stereocenters. The second-order valence-corrected chi connectivity index (χ2v) is 3.71. The summed E-state index contributed by atoms with van der Waals surface area (Å²) in [5.41, 5.74) is 6.28. The molecule has 0 radical (unpaired) electrons. The number of benzene rings is 1. The van der Waals surface area contributed by atoms with Gasteiger partial charge in [0, 0.05) is 13.1 Å². The molecule has 1 aromatic carbocycles. The van der Waals surface area contributed by atoms with Crippen LogP contribution in [0.25, 0.3) is 11.0 Å². The predicted octanol–water partition coefficient (Wildman–Crippen LogP) is 0.403. The molecule has 94 valence electrons. The minimum absolute atomic E-state index is 0.184. The second-order valence-electron chi connectivity index (χ2n) is 3.71. The van der Waals surface area contributed by atoms with E-state index >= 15 is 0 Å². The first kappa shape index (κ1) is 11.9. The Hall–Kier alpha value is -2.57. The van der Waals surface area contributed by atoms with E-state index in [4.69, 9.17) is 10.8 Å². The maximum atomic E-state index is 11.1. The summed E-state index contributed by atoms with van der Waals surface area (Å²) in [6.07, 6.45) is 1.54. The molecule has 0 bridgehead atoms. The third-order valence-corrected chi connectivity index (χ3v) is 2.52. The number of amides is 2. The van der Waals surface area contributed by atoms with Crippen LogP contribution in [0.4, 0.5) is 4.79 Å². The maximum absolute atomic E-state index is 11.1. The molecule has 4 N–H and O–H groups in total. The van der Waals surface area contributed by atoms with Gasteiger partial charge in [-0.05, 0) is 12.1 Å². The summed E-state index contributed by atoms with van der Waals surface area (Å²) in [5.74, 6) is -1.01. The molecule has 0 unspecified atom stereocenters. The van der Waals surface area contributed by atoms with Crippen molar-refractivity contribution < 1.29 is 14.7 Å². The number of carbonyl (C=O) groups excluding carboxylic acids is 1. The van der Waals surface area contributed by atoms with Crippen LogP contribution in [0.15, 0.2) is 24.5 Å². The molecule has 7 heteroatoms. The van der Waals surface area contributed by atoms with Gasteiger partial charge in [0.05, 0.1) is 22.9 Å². The summed E-state index contributed by atoms with van der Waals surface area (Å²) in [4.78, 5) is 25.8. The molecule has 2 rings (SSSR count). The van der Waals surface area contributed by atoms with Gasteiger partial charge in [0.1, 0.15) is 0 Å². The Morgan fingerprint density at radius 2 is 2.22 bits per heavy atom. The molecular formula is C11H12N4O3. The van der Waals surface area contributed by atoms with Gasteiger partial charge in [-0.1, -0.05) is 6.07 Å². The number of urea groups is 1. The van der Waals surface area contributed by atoms with Crippen LogP contribution in [-0.4, -0.2) is 33.2 Å². The van der Waals surface area contributed by atoms with Crippen molar-refractivity contribution in [2.45, 2.75) is 6.54 Å². The number of carbonyl (C=O) groups is 2. The third kappa shape index (κ3) is 2.24. The number of nitrogens with one attached hydrogen (secondary N) is 1. The molecular weight excluding hydrogens is 236 g/mol. The van der Waals surface area contributed by atoms with E-state index in [1.807, 2.05) is 0 Å². The number of nitrogens with zero attached hydrogens (tertiary/aromatic N) is 2. The monoisotopic (exact) mass is 248 g/mol. The van der Waals surface area contributed by atoms with Crippen LogP contribution in [0.1, 0.15) is 10.4 Å². The van der Waals surface area contributed by atoms with Gasteiger partial charge in [0.2, 0.25) is 0 Å². The number of carboxylic acids is 1. The SMILES string of the molecule is NC(=O)NCCn1cnc2cccc(C(=O)O)c21. The van der Waals surface area contributed by atoms with Gasteiger partial charge in [-0.15, -0.1) is 0 Å². The molecule has 0 saturated heterocycles. The van der Waals surface area contributed by atoms with Gasteiger partial charge >= 0.3 is 12.0 Å². The Kier molecular flexibility index (Phi) is 3.13. The zero-order valence-corrected chi connectivity index (χ0v) is 9.46. The lowest BCUT2D eigenvalue weighted by molar-refractivity contribution is 0.0698. The number of aromatic carboxylic acids is 1. The highest BCUT2D eigenvalue weighted by molar-refractivity contribution is 6.01. The molecule has 7 nitrogen and oxygen atoms in total. The predicted molar refractivity (Wildman–Crippen MR) is 64.3 cm³/mol. The largest absolute Gasteiger partial charge is 0.478 e. The Bertz CT molecular complexity index is 605. The summed E-state index contributed by atoms with van der Waals surface area (Å²) in [6.45, 7) is 0.721. The summed E-state index contributed by atoms with van der Waals surface area (Å²) in [6, 6.07) is 4.28. The summed E-state index contributed by atoms with van der Waals surface area (Å²) >= 11 is 0. The van der Waals surface area contributed by atoms with Crippen molar-refractivity contribution in [3.63, 3.8) is 0 Å². The molecule has 1 heterocycles. The van der Waals surface area contributed by atoms with E-state index in [0.717, 1.165) is 0 Å². The fourth-order valence-corrected chi connectivity index (χ4v) is 1.77. The van der Waals surface area contributed by atoms with E-state index in [0.29, 0.717) is 24.1 Å². The number of rotatable bonds is 4. The van der Waals surface area contributed by atoms with Crippen molar-refractivity contribution in [3.8, 4) is 0 Å². The summed E-state index contributed by atoms with van der Waals surface area (Å²) < 4.78 is 1.68. The molecule has 0 aliphatic carbocycles. The fraction of sp³-hybridized carbons (Fsp3) is 0.182. The van der Waals surface area contributed by atoms with Crippen molar-refractivity contribution in [3.05, 3.63) is 30.1 Å². The minimum atomic E-state index is -1.01. The highest BCUT2D eigenvalue weighted by Crippen LogP contribution is 2.17. The number of hydrogen-bond acceptors (Lipinski definition) is 3. The van der Waals surface area contributed by atoms with Crippen LogP contribution in [0.2, 0.25) is 0 Å². The Labute approximate surface area is 102 Å². The van der Waals surface area contributed by atoms with Crippen molar-refractivity contribution in [1.29, 1.82) is 0 Å². The minimum Gasteiger partial charge on any atom is -0.478 e. The van der Waals surface area contributed by atoms with Crippen LogP contribution in [0.5, 0.6) is 0 Å². The number of aromatic nitrogens is 2. The first-order valence-corrected chi connectivity index (χ1v) is 5.30. The first-order chi connectivity index (χ1) is 8.59. The van der Waals surface area contributed by atoms with Gasteiger partial charge in [-0.25, -0.2) is 14.6 Å². The highest BCUT2D eigenvalue weighted by Gasteiger charge is 2.12. The average Bonchev–Trinajstić information content (AvgIpc) is 2.72. The molecule has 0 spiro atoms. The molecule has 2 amide bonds. The van der Waals surface area contributed by atoms with E-state index in [1.165, 1.54) is 6.07 Å². The van der Waals surface area contributed by atoms with E-state index in [9.17, 15) is 9.59 Å². The van der Waals surface area contributed by atoms with Crippen molar-refractivity contribution in [1.82, 2.24) is 14.9 Å². The Balaban J connectivity index is 2.33. The Morgan fingerprint density at radius 3 is 2.89 bits per heavy atom. The Morgan fingerprint density at radius 1 is 1.44 bits per heavy atom. The average molecular weight is 248 g/mol. The van der Waals surface area contributed by atoms with Crippen LogP contribution in [0, 0.1) is 0 Å². The van der Waals surface area contributed by atoms with Gasteiger partial charge in [0.25, 0.3) is 0 Å². The van der Waals surface area contributed by atoms with Gasteiger partial charge in [-0.3, -0.25) is 0 Å². The quantitative estimate of drug-likeness (QED) is 0.727. The second kappa shape index (κ2) is 4.74. The lowest BCUT2D eigenvalue weighted by atomic mass is 10.2. The van der Waals surface area contributed by atoms with Crippen LogP contribution >= 0.6 is 0 Å². The highest BCUT2D eigenvalue weighted by atomic mass is 16.4. The topological polar surface area (TPSA) is 110 Å². The third-order valence-electron chi connectivity index (χ3n) is 2.52. The fourth-order valence-electron chi connectivity index (χ4n) is 1.77. The normalized spacial score (nSPS) is 10.4. The zero-order chi connectivity index (χ0) is 13.1. The molecule has 0 aliphatic rings. The van der Waals surface area contributed by atoms with Crippen LogP contribution in [-0.2, 0) is 6.54 Å². The molecule has 2 aromatic rings. The number of carboxylic acid groups (broad SMARTS) is 1. The van der Waals surface area contributed by atoms with Crippen molar-refractivity contribution in [2.24, 2.45) is 5.73 Å². The van der Waals surface area contributed by atoms with E-state index in [2.05, 4.69) is 10.3 Å². The summed E-state index contributed by atoms with van der Waals surface area (Å²) in [7, 11) is 0. The molecule has 0 saturated carbocycles. The molecule has 0 aliphatic heterocycles. The summed E-state index contributed by atoms with van der Waals surface area (Å²) in [5, 5.41) is 11.5.